The van der Waals surface area contributed by atoms with E-state index >= 15 is 0 Å². The van der Waals surface area contributed by atoms with Crippen molar-refractivity contribution < 1.29 is 0 Å². The summed E-state index contributed by atoms with van der Waals surface area (Å²) in [5.41, 5.74) is 0. The van der Waals surface area contributed by atoms with E-state index in [1.807, 2.05) is 0 Å². The van der Waals surface area contributed by atoms with Crippen molar-refractivity contribution in [2.24, 2.45) is 13.0 Å². The molecule has 1 aromatic rings. The Bertz CT molecular complexity index is 233. The minimum atomic E-state index is 0.536. The van der Waals surface area contributed by atoms with E-state index in [0.717, 1.165) is 22.9 Å². The van der Waals surface area contributed by atoms with E-state index in [2.05, 4.69) is 47.3 Å². The van der Waals surface area contributed by atoms with Gasteiger partial charge in [0.15, 0.2) is 5.82 Å². The zero-order valence-electron chi connectivity index (χ0n) is 6.74. The van der Waals surface area contributed by atoms with Crippen molar-refractivity contribution in [2.45, 2.75) is 6.42 Å². The molecule has 12 heavy (non-hydrogen) atoms. The van der Waals surface area contributed by atoms with Crippen LogP contribution in [0.4, 0.5) is 0 Å². The molecule has 0 unspecified atom stereocenters. The first-order valence-corrected chi connectivity index (χ1v) is 5.85. The van der Waals surface area contributed by atoms with Gasteiger partial charge < -0.3 is 0 Å². The van der Waals surface area contributed by atoms with Crippen molar-refractivity contribution in [3.8, 4) is 0 Å². The summed E-state index contributed by atoms with van der Waals surface area (Å²) in [5, 5.41) is 13.7. The van der Waals surface area contributed by atoms with Gasteiger partial charge in [-0.1, -0.05) is 31.9 Å². The Morgan fingerprint density at radius 1 is 1.42 bits per heavy atom. The van der Waals surface area contributed by atoms with Gasteiger partial charge in [0.05, 0.1) is 7.05 Å². The molecule has 0 aliphatic rings. The Balaban J connectivity index is 2.50. The molecule has 4 nitrogen and oxygen atoms in total. The zero-order valence-corrected chi connectivity index (χ0v) is 9.92. The first-order chi connectivity index (χ1) is 5.76. The summed E-state index contributed by atoms with van der Waals surface area (Å²) in [6.45, 7) is 0. The summed E-state index contributed by atoms with van der Waals surface area (Å²) >= 11 is 6.86. The topological polar surface area (TPSA) is 43.6 Å². The summed E-state index contributed by atoms with van der Waals surface area (Å²) < 4.78 is 0. The lowest BCUT2D eigenvalue weighted by Gasteiger charge is -2.05. The van der Waals surface area contributed by atoms with Crippen LogP contribution in [0.1, 0.15) is 5.82 Å². The molecule has 68 valence electrons. The molecular weight excluding hydrogens is 288 g/mol. The van der Waals surface area contributed by atoms with Crippen LogP contribution >= 0.6 is 31.9 Å². The number of hydrogen-bond donors (Lipinski definition) is 0. The smallest absolute Gasteiger partial charge is 0.167 e. The Kier molecular flexibility index (Phi) is 4.14. The molecule has 0 saturated carbocycles. The van der Waals surface area contributed by atoms with Gasteiger partial charge in [-0.3, -0.25) is 0 Å². The highest BCUT2D eigenvalue weighted by Gasteiger charge is 2.09. The summed E-state index contributed by atoms with van der Waals surface area (Å²) in [5.74, 6) is 1.34. The number of nitrogens with zero attached hydrogens (tertiary/aromatic N) is 4. The van der Waals surface area contributed by atoms with Crippen molar-refractivity contribution in [2.75, 3.05) is 10.7 Å². The van der Waals surface area contributed by atoms with Crippen molar-refractivity contribution in [1.82, 2.24) is 20.2 Å². The second-order valence-corrected chi connectivity index (χ2v) is 3.87. The highest BCUT2D eigenvalue weighted by Crippen LogP contribution is 2.09. The third-order valence-electron chi connectivity index (χ3n) is 1.46. The maximum absolute atomic E-state index is 4.10. The number of hydrogen-bond acceptors (Lipinski definition) is 3. The van der Waals surface area contributed by atoms with Crippen LogP contribution in [0.2, 0.25) is 0 Å². The molecule has 0 aliphatic carbocycles. The number of tetrazole rings is 1. The summed E-state index contributed by atoms with van der Waals surface area (Å²) in [6, 6.07) is 0. The number of rotatable bonds is 4. The van der Waals surface area contributed by atoms with Gasteiger partial charge >= 0.3 is 0 Å². The van der Waals surface area contributed by atoms with Crippen molar-refractivity contribution in [3.63, 3.8) is 0 Å². The molecule has 0 aliphatic heterocycles. The van der Waals surface area contributed by atoms with Gasteiger partial charge in [0.2, 0.25) is 0 Å². The Morgan fingerprint density at radius 3 is 2.50 bits per heavy atom. The quantitative estimate of drug-likeness (QED) is 0.783. The van der Waals surface area contributed by atoms with E-state index in [1.165, 1.54) is 4.80 Å². The Hall–Kier alpha value is 0.0300. The van der Waals surface area contributed by atoms with Crippen molar-refractivity contribution in [3.05, 3.63) is 5.82 Å². The van der Waals surface area contributed by atoms with E-state index in [4.69, 9.17) is 0 Å². The Labute approximate surface area is 88.0 Å². The monoisotopic (exact) mass is 296 g/mol. The molecule has 0 bridgehead atoms. The molecule has 0 radical (unpaired) electrons. The van der Waals surface area contributed by atoms with Crippen LogP contribution in [0, 0.1) is 5.92 Å². The SMILES string of the molecule is Cn1nnc(CC(CBr)CBr)n1. The van der Waals surface area contributed by atoms with E-state index in [-0.39, 0.29) is 0 Å². The molecule has 0 amide bonds. The molecule has 0 N–H and O–H groups in total. The van der Waals surface area contributed by atoms with Crippen LogP contribution in [-0.2, 0) is 13.5 Å². The summed E-state index contributed by atoms with van der Waals surface area (Å²) in [7, 11) is 1.77. The van der Waals surface area contributed by atoms with Gasteiger partial charge in [-0.05, 0) is 11.1 Å². The van der Waals surface area contributed by atoms with Crippen molar-refractivity contribution >= 4 is 31.9 Å². The second-order valence-electron chi connectivity index (χ2n) is 2.57. The summed E-state index contributed by atoms with van der Waals surface area (Å²) in [6.07, 6.45) is 0.865. The first-order valence-electron chi connectivity index (χ1n) is 3.61. The molecule has 0 fully saturated rings. The standard InChI is InChI=1S/C6H10Br2N4/c1-12-10-6(9-11-12)2-5(3-7)4-8/h5H,2-4H2,1H3. The van der Waals surface area contributed by atoms with Crippen LogP contribution in [0.25, 0.3) is 0 Å². The lowest BCUT2D eigenvalue weighted by atomic mass is 10.1. The lowest BCUT2D eigenvalue weighted by Crippen LogP contribution is -2.09. The van der Waals surface area contributed by atoms with Gasteiger partial charge in [0.1, 0.15) is 0 Å². The van der Waals surface area contributed by atoms with E-state index in [9.17, 15) is 0 Å². The summed E-state index contributed by atoms with van der Waals surface area (Å²) in [4.78, 5) is 1.48. The van der Waals surface area contributed by atoms with E-state index in [0.29, 0.717) is 5.92 Å². The average Bonchev–Trinajstić information content (AvgIpc) is 2.47. The van der Waals surface area contributed by atoms with Crippen LogP contribution in [-0.4, -0.2) is 30.9 Å². The van der Waals surface area contributed by atoms with Gasteiger partial charge in [0.25, 0.3) is 0 Å². The Morgan fingerprint density at radius 2 is 2.08 bits per heavy atom. The minimum absolute atomic E-state index is 0.536. The fourth-order valence-electron chi connectivity index (χ4n) is 0.814. The van der Waals surface area contributed by atoms with Crippen LogP contribution in [0.5, 0.6) is 0 Å². The molecule has 0 atom stereocenters. The first kappa shape index (κ1) is 10.1. The van der Waals surface area contributed by atoms with E-state index in [1.54, 1.807) is 7.05 Å². The molecule has 1 rings (SSSR count). The van der Waals surface area contributed by atoms with Crippen LogP contribution in [0.3, 0.4) is 0 Å². The number of aryl methyl sites for hydroxylation is 1. The fourth-order valence-corrected chi connectivity index (χ4v) is 2.34. The zero-order chi connectivity index (χ0) is 8.97. The van der Waals surface area contributed by atoms with Gasteiger partial charge in [-0.2, -0.15) is 4.80 Å². The normalized spacial score (nSPS) is 11.0. The third kappa shape index (κ3) is 2.82. The lowest BCUT2D eigenvalue weighted by molar-refractivity contribution is 0.616. The van der Waals surface area contributed by atoms with Crippen LogP contribution in [0.15, 0.2) is 0 Å². The third-order valence-corrected chi connectivity index (χ3v) is 3.29. The highest BCUT2D eigenvalue weighted by atomic mass is 79.9. The molecule has 1 aromatic heterocycles. The molecule has 0 spiro atoms. The maximum Gasteiger partial charge on any atom is 0.175 e. The molecular formula is C6H10Br2N4. The number of alkyl halides is 2. The van der Waals surface area contributed by atoms with Crippen LogP contribution < -0.4 is 0 Å². The van der Waals surface area contributed by atoms with Gasteiger partial charge in [-0.15, -0.1) is 10.2 Å². The van der Waals surface area contributed by atoms with Gasteiger partial charge in [0, 0.05) is 17.1 Å². The predicted octanol–water partition coefficient (Wildman–Crippen LogP) is 1.16. The second kappa shape index (κ2) is 4.91. The fraction of sp³-hybridized carbons (Fsp3) is 0.833. The number of aromatic nitrogens is 4. The maximum atomic E-state index is 4.10. The van der Waals surface area contributed by atoms with E-state index < -0.39 is 0 Å². The molecule has 1 heterocycles. The van der Waals surface area contributed by atoms with Crippen molar-refractivity contribution in [1.29, 1.82) is 0 Å². The molecule has 0 aromatic carbocycles. The highest BCUT2D eigenvalue weighted by molar-refractivity contribution is 9.09. The number of halogens is 2. The predicted molar refractivity (Wildman–Crippen MR) is 53.6 cm³/mol. The largest absolute Gasteiger partial charge is 0.175 e. The molecule has 6 heteroatoms. The molecule has 0 saturated heterocycles. The van der Waals surface area contributed by atoms with Gasteiger partial charge in [-0.25, -0.2) is 0 Å². The average molecular weight is 298 g/mol. The minimum Gasteiger partial charge on any atom is -0.167 e.